The zero-order valence-electron chi connectivity index (χ0n) is 10.00. The fourth-order valence-electron chi connectivity index (χ4n) is 1.66. The van der Waals surface area contributed by atoms with Crippen molar-refractivity contribution < 1.29 is 5.11 Å². The number of benzene rings is 1. The number of anilines is 1. The summed E-state index contributed by atoms with van der Waals surface area (Å²) in [6.45, 7) is 2.57. The van der Waals surface area contributed by atoms with E-state index in [1.165, 1.54) is 0 Å². The largest absolute Gasteiger partial charge is 0.389 e. The Bertz CT molecular complexity index is 451. The van der Waals surface area contributed by atoms with E-state index in [-0.39, 0.29) is 0 Å². The van der Waals surface area contributed by atoms with Gasteiger partial charge < -0.3 is 10.0 Å². The molecule has 1 heterocycles. The molecule has 1 N–H and O–H groups in total. The maximum absolute atomic E-state index is 9.44. The fraction of sp³-hybridized carbons (Fsp3) is 0.308. The second kappa shape index (κ2) is 5.29. The molecule has 0 aliphatic carbocycles. The van der Waals surface area contributed by atoms with E-state index >= 15 is 0 Å². The summed E-state index contributed by atoms with van der Waals surface area (Å²) in [5.41, 5.74) is 5.00. The van der Waals surface area contributed by atoms with Gasteiger partial charge in [-0.2, -0.15) is 0 Å². The lowest BCUT2D eigenvalue weighted by Crippen LogP contribution is -2.16. The molecule has 0 radical (unpaired) electrons. The molecule has 2 aromatic rings. The molecular formula is C13H16N2OS. The van der Waals surface area contributed by atoms with E-state index in [1.807, 2.05) is 36.8 Å². The lowest BCUT2D eigenvalue weighted by Gasteiger charge is -2.18. The SMILES string of the molecule is C[C@H](O)c1ccc(N(C)Cc2cscn2)cc1. The van der Waals surface area contributed by atoms with Crippen molar-refractivity contribution in [3.8, 4) is 0 Å². The third-order valence-electron chi connectivity index (χ3n) is 2.70. The van der Waals surface area contributed by atoms with Crippen molar-refractivity contribution in [3.63, 3.8) is 0 Å². The van der Waals surface area contributed by atoms with Gasteiger partial charge in [-0.15, -0.1) is 11.3 Å². The van der Waals surface area contributed by atoms with Crippen molar-refractivity contribution in [2.45, 2.75) is 19.6 Å². The molecule has 4 heteroatoms. The average molecular weight is 248 g/mol. The summed E-state index contributed by atoms with van der Waals surface area (Å²) in [7, 11) is 2.04. The number of aliphatic hydroxyl groups is 1. The van der Waals surface area contributed by atoms with Crippen LogP contribution in [0.2, 0.25) is 0 Å². The van der Waals surface area contributed by atoms with Crippen LogP contribution in [-0.4, -0.2) is 17.1 Å². The van der Waals surface area contributed by atoms with E-state index in [4.69, 9.17) is 0 Å². The van der Waals surface area contributed by atoms with Gasteiger partial charge >= 0.3 is 0 Å². The lowest BCUT2D eigenvalue weighted by atomic mass is 10.1. The highest BCUT2D eigenvalue weighted by atomic mass is 32.1. The molecule has 3 nitrogen and oxygen atoms in total. The molecule has 2 rings (SSSR count). The van der Waals surface area contributed by atoms with Crippen molar-refractivity contribution in [1.29, 1.82) is 0 Å². The molecule has 1 aromatic carbocycles. The van der Waals surface area contributed by atoms with Crippen LogP contribution in [0.4, 0.5) is 5.69 Å². The van der Waals surface area contributed by atoms with Gasteiger partial charge in [-0.1, -0.05) is 12.1 Å². The molecule has 0 aliphatic rings. The predicted molar refractivity (Wildman–Crippen MR) is 71.3 cm³/mol. The molecule has 0 fully saturated rings. The number of rotatable bonds is 4. The number of aliphatic hydroxyl groups excluding tert-OH is 1. The molecule has 0 amide bonds. The van der Waals surface area contributed by atoms with E-state index in [2.05, 4.69) is 15.3 Å². The smallest absolute Gasteiger partial charge is 0.0795 e. The third kappa shape index (κ3) is 3.05. The molecule has 17 heavy (non-hydrogen) atoms. The zero-order chi connectivity index (χ0) is 12.3. The molecule has 0 aliphatic heterocycles. The Hall–Kier alpha value is -1.39. The molecular weight excluding hydrogens is 232 g/mol. The Balaban J connectivity index is 2.06. The highest BCUT2D eigenvalue weighted by molar-refractivity contribution is 7.07. The third-order valence-corrected chi connectivity index (χ3v) is 3.33. The maximum atomic E-state index is 9.44. The van der Waals surface area contributed by atoms with Crippen molar-refractivity contribution in [3.05, 3.63) is 46.4 Å². The predicted octanol–water partition coefficient (Wildman–Crippen LogP) is 2.83. The van der Waals surface area contributed by atoms with Crippen LogP contribution in [-0.2, 0) is 6.54 Å². The van der Waals surface area contributed by atoms with Gasteiger partial charge in [-0.3, -0.25) is 0 Å². The Morgan fingerprint density at radius 1 is 1.35 bits per heavy atom. The molecule has 0 saturated heterocycles. The zero-order valence-corrected chi connectivity index (χ0v) is 10.8. The molecule has 90 valence electrons. The summed E-state index contributed by atoms with van der Waals surface area (Å²) in [4.78, 5) is 6.40. The molecule has 0 spiro atoms. The summed E-state index contributed by atoms with van der Waals surface area (Å²) in [5, 5.41) is 11.5. The first kappa shape index (κ1) is 12.1. The second-order valence-corrected chi connectivity index (χ2v) is 4.82. The minimum Gasteiger partial charge on any atom is -0.389 e. The summed E-state index contributed by atoms with van der Waals surface area (Å²) in [6.07, 6.45) is -0.409. The molecule has 1 aromatic heterocycles. The number of aromatic nitrogens is 1. The van der Waals surface area contributed by atoms with E-state index < -0.39 is 6.10 Å². The molecule has 1 atom stereocenters. The van der Waals surface area contributed by atoms with Crippen molar-refractivity contribution in [1.82, 2.24) is 4.98 Å². The first-order chi connectivity index (χ1) is 8.16. The normalized spacial score (nSPS) is 12.4. The Labute approximate surface area is 105 Å². The maximum Gasteiger partial charge on any atom is 0.0795 e. The van der Waals surface area contributed by atoms with Crippen LogP contribution in [0, 0.1) is 0 Å². The lowest BCUT2D eigenvalue weighted by molar-refractivity contribution is 0.199. The van der Waals surface area contributed by atoms with Gasteiger partial charge in [0.15, 0.2) is 0 Å². The first-order valence-corrected chi connectivity index (χ1v) is 6.47. The molecule has 0 bridgehead atoms. The van der Waals surface area contributed by atoms with E-state index in [0.717, 1.165) is 23.5 Å². The van der Waals surface area contributed by atoms with Gasteiger partial charge in [0.05, 0.1) is 23.9 Å². The van der Waals surface area contributed by atoms with E-state index in [0.29, 0.717) is 0 Å². The first-order valence-electron chi connectivity index (χ1n) is 5.53. The minimum absolute atomic E-state index is 0.409. The van der Waals surface area contributed by atoms with Gasteiger partial charge in [0.1, 0.15) is 0 Å². The Kier molecular flexibility index (Phi) is 3.76. The number of nitrogens with zero attached hydrogens (tertiary/aromatic N) is 2. The van der Waals surface area contributed by atoms with E-state index in [1.54, 1.807) is 18.3 Å². The van der Waals surface area contributed by atoms with Gasteiger partial charge in [-0.05, 0) is 24.6 Å². The summed E-state index contributed by atoms with van der Waals surface area (Å²) < 4.78 is 0. The minimum atomic E-state index is -0.409. The number of hydrogen-bond acceptors (Lipinski definition) is 4. The van der Waals surface area contributed by atoms with Crippen molar-refractivity contribution in [2.24, 2.45) is 0 Å². The van der Waals surface area contributed by atoms with Gasteiger partial charge in [-0.25, -0.2) is 4.98 Å². The van der Waals surface area contributed by atoms with Crippen LogP contribution < -0.4 is 4.90 Å². The number of hydrogen-bond donors (Lipinski definition) is 1. The van der Waals surface area contributed by atoms with Crippen molar-refractivity contribution in [2.75, 3.05) is 11.9 Å². The van der Waals surface area contributed by atoms with Crippen LogP contribution in [0.3, 0.4) is 0 Å². The van der Waals surface area contributed by atoms with Crippen LogP contribution >= 0.6 is 11.3 Å². The highest BCUT2D eigenvalue weighted by Crippen LogP contribution is 2.19. The Morgan fingerprint density at radius 2 is 2.06 bits per heavy atom. The topological polar surface area (TPSA) is 36.4 Å². The summed E-state index contributed by atoms with van der Waals surface area (Å²) >= 11 is 1.61. The van der Waals surface area contributed by atoms with Crippen LogP contribution in [0.25, 0.3) is 0 Å². The fourth-order valence-corrected chi connectivity index (χ4v) is 2.21. The highest BCUT2D eigenvalue weighted by Gasteiger charge is 2.05. The number of thiazole rings is 1. The monoisotopic (exact) mass is 248 g/mol. The molecule has 0 saturated carbocycles. The van der Waals surface area contributed by atoms with Gasteiger partial charge in [0.2, 0.25) is 0 Å². The summed E-state index contributed by atoms with van der Waals surface area (Å²) in [6, 6.07) is 7.96. The van der Waals surface area contributed by atoms with Gasteiger partial charge in [0, 0.05) is 18.1 Å². The van der Waals surface area contributed by atoms with Crippen LogP contribution in [0.5, 0.6) is 0 Å². The van der Waals surface area contributed by atoms with Gasteiger partial charge in [0.25, 0.3) is 0 Å². The van der Waals surface area contributed by atoms with Crippen LogP contribution in [0.1, 0.15) is 24.3 Å². The average Bonchev–Trinajstić information content (AvgIpc) is 2.82. The second-order valence-electron chi connectivity index (χ2n) is 4.10. The van der Waals surface area contributed by atoms with E-state index in [9.17, 15) is 5.11 Å². The summed E-state index contributed by atoms with van der Waals surface area (Å²) in [5.74, 6) is 0. The quantitative estimate of drug-likeness (QED) is 0.904. The molecule has 0 unspecified atom stereocenters. The Morgan fingerprint density at radius 3 is 2.59 bits per heavy atom. The van der Waals surface area contributed by atoms with Crippen molar-refractivity contribution >= 4 is 17.0 Å². The van der Waals surface area contributed by atoms with Crippen LogP contribution in [0.15, 0.2) is 35.2 Å². The standard InChI is InChI=1S/C13H16N2OS/c1-10(16)11-3-5-13(6-4-11)15(2)7-12-8-17-9-14-12/h3-6,8-10,16H,7H2,1-2H3/t10-/m0/s1.